The van der Waals surface area contributed by atoms with Crippen LogP contribution in [0.25, 0.3) is 0 Å². The van der Waals surface area contributed by atoms with Gasteiger partial charge < -0.3 is 15.5 Å². The zero-order chi connectivity index (χ0) is 19.5. The Morgan fingerprint density at radius 3 is 2.32 bits per heavy atom. The summed E-state index contributed by atoms with van der Waals surface area (Å²) in [6, 6.07) is 16.0. The van der Waals surface area contributed by atoms with Crippen molar-refractivity contribution in [1.82, 2.24) is 4.90 Å². The number of para-hydroxylation sites is 1. The number of benzene rings is 2. The molecule has 28 heavy (non-hydrogen) atoms. The van der Waals surface area contributed by atoms with Gasteiger partial charge in [0.2, 0.25) is 5.91 Å². The summed E-state index contributed by atoms with van der Waals surface area (Å²) < 4.78 is 0. The lowest BCUT2D eigenvalue weighted by molar-refractivity contribution is -0.119. The SMILES string of the molecule is NC(=O)CN1CCN(c2ccc(C(=O)N3CCCc4ccccc43)cc2)CC1. The molecule has 4 rings (SSSR count). The lowest BCUT2D eigenvalue weighted by Crippen LogP contribution is -2.48. The molecule has 146 valence electrons. The first-order chi connectivity index (χ1) is 13.6. The van der Waals surface area contributed by atoms with E-state index in [1.807, 2.05) is 47.4 Å². The van der Waals surface area contributed by atoms with Gasteiger partial charge in [-0.15, -0.1) is 0 Å². The molecule has 0 spiro atoms. The molecule has 2 aromatic rings. The number of hydrogen-bond acceptors (Lipinski definition) is 4. The van der Waals surface area contributed by atoms with Crippen molar-refractivity contribution in [2.24, 2.45) is 5.73 Å². The standard InChI is InChI=1S/C22H26N4O2/c23-21(27)16-24-12-14-25(15-13-24)19-9-7-18(8-10-19)22(28)26-11-3-5-17-4-1-2-6-20(17)26/h1-2,4,6-10H,3,5,11-16H2,(H2,23,27). The van der Waals surface area contributed by atoms with E-state index < -0.39 is 0 Å². The molecule has 0 bridgehead atoms. The second kappa shape index (κ2) is 8.02. The van der Waals surface area contributed by atoms with Crippen molar-refractivity contribution in [3.05, 3.63) is 59.7 Å². The minimum atomic E-state index is -0.282. The minimum absolute atomic E-state index is 0.0602. The van der Waals surface area contributed by atoms with E-state index in [2.05, 4.69) is 15.9 Å². The van der Waals surface area contributed by atoms with Crippen molar-refractivity contribution in [2.45, 2.75) is 12.8 Å². The molecule has 0 aliphatic carbocycles. The predicted octanol–water partition coefficient (Wildman–Crippen LogP) is 1.89. The number of nitrogens with zero attached hydrogens (tertiary/aromatic N) is 3. The highest BCUT2D eigenvalue weighted by atomic mass is 16.2. The van der Waals surface area contributed by atoms with Crippen LogP contribution in [-0.4, -0.2) is 56.0 Å². The molecule has 0 radical (unpaired) electrons. The molecule has 0 unspecified atom stereocenters. The fourth-order valence-electron chi connectivity index (χ4n) is 4.10. The number of aryl methyl sites for hydroxylation is 1. The lowest BCUT2D eigenvalue weighted by Gasteiger charge is -2.35. The molecule has 2 aromatic carbocycles. The van der Waals surface area contributed by atoms with Gasteiger partial charge in [0.05, 0.1) is 6.54 Å². The largest absolute Gasteiger partial charge is 0.369 e. The van der Waals surface area contributed by atoms with Crippen LogP contribution in [0.4, 0.5) is 11.4 Å². The number of amides is 2. The summed E-state index contributed by atoms with van der Waals surface area (Å²) in [5.41, 5.74) is 9.38. The summed E-state index contributed by atoms with van der Waals surface area (Å²) in [4.78, 5) is 30.4. The van der Waals surface area contributed by atoms with Crippen LogP contribution >= 0.6 is 0 Å². The van der Waals surface area contributed by atoms with E-state index in [1.54, 1.807) is 0 Å². The molecule has 2 aliphatic heterocycles. The van der Waals surface area contributed by atoms with E-state index in [9.17, 15) is 9.59 Å². The summed E-state index contributed by atoms with van der Waals surface area (Å²) in [6.45, 7) is 4.40. The quantitative estimate of drug-likeness (QED) is 0.882. The Hall–Kier alpha value is -2.86. The Morgan fingerprint density at radius 1 is 0.893 bits per heavy atom. The maximum absolute atomic E-state index is 13.1. The van der Waals surface area contributed by atoms with Crippen LogP contribution in [0.15, 0.2) is 48.5 Å². The summed E-state index contributed by atoms with van der Waals surface area (Å²) >= 11 is 0. The summed E-state index contributed by atoms with van der Waals surface area (Å²) in [5, 5.41) is 0. The molecule has 2 amide bonds. The van der Waals surface area contributed by atoms with Crippen molar-refractivity contribution in [3.8, 4) is 0 Å². The first kappa shape index (κ1) is 18.5. The number of carbonyl (C=O) groups is 2. The highest BCUT2D eigenvalue weighted by Crippen LogP contribution is 2.28. The predicted molar refractivity (Wildman–Crippen MR) is 111 cm³/mol. The minimum Gasteiger partial charge on any atom is -0.369 e. The van der Waals surface area contributed by atoms with Gasteiger partial charge >= 0.3 is 0 Å². The van der Waals surface area contributed by atoms with Gasteiger partial charge in [-0.1, -0.05) is 18.2 Å². The molecule has 1 saturated heterocycles. The van der Waals surface area contributed by atoms with Crippen LogP contribution in [0, 0.1) is 0 Å². The molecule has 2 aliphatic rings. The van der Waals surface area contributed by atoms with Crippen molar-refractivity contribution >= 4 is 23.2 Å². The van der Waals surface area contributed by atoms with Crippen molar-refractivity contribution < 1.29 is 9.59 Å². The van der Waals surface area contributed by atoms with E-state index >= 15 is 0 Å². The van der Waals surface area contributed by atoms with Crippen LogP contribution < -0.4 is 15.5 Å². The number of fused-ring (bicyclic) bond motifs is 1. The zero-order valence-electron chi connectivity index (χ0n) is 16.0. The molecular formula is C22H26N4O2. The maximum atomic E-state index is 13.1. The number of rotatable bonds is 4. The van der Waals surface area contributed by atoms with E-state index in [1.165, 1.54) is 5.56 Å². The smallest absolute Gasteiger partial charge is 0.258 e. The number of piperazine rings is 1. The average molecular weight is 378 g/mol. The van der Waals surface area contributed by atoms with E-state index in [4.69, 9.17) is 5.73 Å². The molecule has 0 saturated carbocycles. The summed E-state index contributed by atoms with van der Waals surface area (Å²) in [5.74, 6) is -0.222. The van der Waals surface area contributed by atoms with Crippen LogP contribution in [0.5, 0.6) is 0 Å². The van der Waals surface area contributed by atoms with E-state index in [-0.39, 0.29) is 11.8 Å². The average Bonchev–Trinajstić information content (AvgIpc) is 2.73. The summed E-state index contributed by atoms with van der Waals surface area (Å²) in [7, 11) is 0. The Kier molecular flexibility index (Phi) is 5.30. The third kappa shape index (κ3) is 3.87. The third-order valence-corrected chi connectivity index (χ3v) is 5.59. The highest BCUT2D eigenvalue weighted by Gasteiger charge is 2.24. The Labute approximate surface area is 165 Å². The van der Waals surface area contributed by atoms with E-state index in [0.29, 0.717) is 12.1 Å². The fourth-order valence-corrected chi connectivity index (χ4v) is 4.10. The zero-order valence-corrected chi connectivity index (χ0v) is 16.0. The molecule has 2 N–H and O–H groups in total. The fraction of sp³-hybridized carbons (Fsp3) is 0.364. The molecule has 0 atom stereocenters. The maximum Gasteiger partial charge on any atom is 0.258 e. The van der Waals surface area contributed by atoms with Gasteiger partial charge in [-0.25, -0.2) is 0 Å². The second-order valence-electron chi connectivity index (χ2n) is 7.47. The number of primary amides is 1. The van der Waals surface area contributed by atoms with Gasteiger partial charge in [0.15, 0.2) is 0 Å². The van der Waals surface area contributed by atoms with Gasteiger partial charge in [0.1, 0.15) is 0 Å². The van der Waals surface area contributed by atoms with Crippen molar-refractivity contribution in [1.29, 1.82) is 0 Å². The second-order valence-corrected chi connectivity index (χ2v) is 7.47. The number of nitrogens with two attached hydrogens (primary N) is 1. The van der Waals surface area contributed by atoms with Crippen LogP contribution in [0.2, 0.25) is 0 Å². The first-order valence-corrected chi connectivity index (χ1v) is 9.87. The Morgan fingerprint density at radius 2 is 1.61 bits per heavy atom. The third-order valence-electron chi connectivity index (χ3n) is 5.59. The molecule has 0 aromatic heterocycles. The highest BCUT2D eigenvalue weighted by molar-refractivity contribution is 6.06. The molecule has 6 nitrogen and oxygen atoms in total. The normalized spacial score (nSPS) is 17.3. The number of anilines is 2. The number of hydrogen-bond donors (Lipinski definition) is 1. The molecular weight excluding hydrogens is 352 g/mol. The summed E-state index contributed by atoms with van der Waals surface area (Å²) in [6.07, 6.45) is 2.02. The topological polar surface area (TPSA) is 69.9 Å². The van der Waals surface area contributed by atoms with E-state index in [0.717, 1.165) is 56.9 Å². The number of carbonyl (C=O) groups excluding carboxylic acids is 2. The Bertz CT molecular complexity index is 857. The van der Waals surface area contributed by atoms with Crippen LogP contribution in [0.1, 0.15) is 22.3 Å². The van der Waals surface area contributed by atoms with Gasteiger partial charge in [-0.2, -0.15) is 0 Å². The van der Waals surface area contributed by atoms with Crippen LogP contribution in [0.3, 0.4) is 0 Å². The monoisotopic (exact) mass is 378 g/mol. The first-order valence-electron chi connectivity index (χ1n) is 9.87. The molecule has 6 heteroatoms. The van der Waals surface area contributed by atoms with Crippen molar-refractivity contribution in [2.75, 3.05) is 49.1 Å². The lowest BCUT2D eigenvalue weighted by atomic mass is 10.0. The molecule has 2 heterocycles. The Balaban J connectivity index is 1.43. The van der Waals surface area contributed by atoms with Gasteiger partial charge in [0.25, 0.3) is 5.91 Å². The molecule has 1 fully saturated rings. The van der Waals surface area contributed by atoms with Gasteiger partial charge in [-0.3, -0.25) is 14.5 Å². The van der Waals surface area contributed by atoms with Gasteiger partial charge in [-0.05, 0) is 48.7 Å². The van der Waals surface area contributed by atoms with Crippen LogP contribution in [-0.2, 0) is 11.2 Å². The van der Waals surface area contributed by atoms with Crippen molar-refractivity contribution in [3.63, 3.8) is 0 Å². The van der Waals surface area contributed by atoms with Gasteiger partial charge in [0, 0.05) is 49.7 Å².